The molecule has 0 saturated heterocycles. The summed E-state index contributed by atoms with van der Waals surface area (Å²) in [5.74, 6) is 4.91. The van der Waals surface area contributed by atoms with Crippen LogP contribution < -0.4 is 16.0 Å². The highest BCUT2D eigenvalue weighted by Crippen LogP contribution is 2.29. The SMILES string of the molecule is CCCCOCCOc1ncnc(NN)c1[N+](=O)[O-]. The Labute approximate surface area is 110 Å². The summed E-state index contributed by atoms with van der Waals surface area (Å²) in [6, 6.07) is 0. The number of nitrogens with one attached hydrogen (secondary N) is 1. The average Bonchev–Trinajstić information content (AvgIpc) is 2.42. The number of hydrazine groups is 1. The number of rotatable bonds is 9. The van der Waals surface area contributed by atoms with E-state index < -0.39 is 10.6 Å². The van der Waals surface area contributed by atoms with Crippen molar-refractivity contribution in [1.29, 1.82) is 0 Å². The molecular weight excluding hydrogens is 254 g/mol. The predicted octanol–water partition coefficient (Wildman–Crippen LogP) is 0.866. The van der Waals surface area contributed by atoms with Crippen LogP contribution in [-0.2, 0) is 4.74 Å². The summed E-state index contributed by atoms with van der Waals surface area (Å²) in [7, 11) is 0. The van der Waals surface area contributed by atoms with Gasteiger partial charge in [-0.2, -0.15) is 4.98 Å². The fraction of sp³-hybridized carbons (Fsp3) is 0.600. The first-order valence-electron chi connectivity index (χ1n) is 5.87. The van der Waals surface area contributed by atoms with Crippen molar-refractivity contribution in [3.8, 4) is 5.88 Å². The van der Waals surface area contributed by atoms with E-state index in [1.807, 2.05) is 0 Å². The number of hydrogen-bond acceptors (Lipinski definition) is 8. The number of ether oxygens (including phenoxy) is 2. The minimum absolute atomic E-state index is 0.0955. The van der Waals surface area contributed by atoms with Gasteiger partial charge in [0.25, 0.3) is 5.88 Å². The molecule has 106 valence electrons. The molecule has 0 aliphatic rings. The van der Waals surface area contributed by atoms with Crippen molar-refractivity contribution in [2.45, 2.75) is 19.8 Å². The number of anilines is 1. The molecule has 1 aromatic rings. The Morgan fingerprint density at radius 2 is 2.21 bits per heavy atom. The fourth-order valence-corrected chi connectivity index (χ4v) is 1.28. The molecule has 0 unspecified atom stereocenters. The van der Waals surface area contributed by atoms with Gasteiger partial charge in [-0.1, -0.05) is 13.3 Å². The lowest BCUT2D eigenvalue weighted by molar-refractivity contribution is -0.385. The molecule has 0 amide bonds. The van der Waals surface area contributed by atoms with E-state index in [0.29, 0.717) is 13.2 Å². The number of aromatic nitrogens is 2. The van der Waals surface area contributed by atoms with Gasteiger partial charge in [-0.3, -0.25) is 10.1 Å². The molecule has 1 heterocycles. The maximum absolute atomic E-state index is 10.9. The first kappa shape index (κ1) is 15.1. The molecular formula is C10H17N5O4. The van der Waals surface area contributed by atoms with Crippen molar-refractivity contribution in [2.24, 2.45) is 5.84 Å². The number of nitrogen functional groups attached to an aromatic ring is 1. The number of nitro groups is 1. The van der Waals surface area contributed by atoms with Gasteiger partial charge in [0, 0.05) is 6.61 Å². The van der Waals surface area contributed by atoms with E-state index in [2.05, 4.69) is 22.3 Å². The van der Waals surface area contributed by atoms with Crippen molar-refractivity contribution in [3.05, 3.63) is 16.4 Å². The number of unbranched alkanes of at least 4 members (excludes halogenated alkanes) is 1. The largest absolute Gasteiger partial charge is 0.470 e. The lowest BCUT2D eigenvalue weighted by Crippen LogP contribution is -2.14. The van der Waals surface area contributed by atoms with E-state index in [-0.39, 0.29) is 18.3 Å². The van der Waals surface area contributed by atoms with Crippen LogP contribution >= 0.6 is 0 Å². The molecule has 3 N–H and O–H groups in total. The molecule has 0 spiro atoms. The molecule has 0 bridgehead atoms. The second-order valence-corrected chi connectivity index (χ2v) is 3.59. The quantitative estimate of drug-likeness (QED) is 0.293. The van der Waals surface area contributed by atoms with Crippen LogP contribution in [0.4, 0.5) is 11.5 Å². The van der Waals surface area contributed by atoms with Crippen molar-refractivity contribution in [1.82, 2.24) is 9.97 Å². The van der Waals surface area contributed by atoms with E-state index in [9.17, 15) is 10.1 Å². The zero-order chi connectivity index (χ0) is 14.1. The van der Waals surface area contributed by atoms with Crippen LogP contribution in [0.15, 0.2) is 6.33 Å². The van der Waals surface area contributed by atoms with E-state index in [1.54, 1.807) is 0 Å². The maximum atomic E-state index is 10.9. The second kappa shape index (κ2) is 8.16. The molecule has 0 atom stereocenters. The van der Waals surface area contributed by atoms with Crippen LogP contribution in [-0.4, -0.2) is 34.7 Å². The summed E-state index contributed by atoms with van der Waals surface area (Å²) in [5.41, 5.74) is 1.74. The van der Waals surface area contributed by atoms with Crippen LogP contribution in [0.25, 0.3) is 0 Å². The normalized spacial score (nSPS) is 10.2. The van der Waals surface area contributed by atoms with E-state index in [0.717, 1.165) is 19.2 Å². The standard InChI is InChI=1S/C10H17N5O4/c1-2-3-4-18-5-6-19-10-8(15(16)17)9(14-11)12-7-13-10/h7H,2-6,11H2,1H3,(H,12,13,14). The van der Waals surface area contributed by atoms with Crippen molar-refractivity contribution >= 4 is 11.5 Å². The predicted molar refractivity (Wildman–Crippen MR) is 67.7 cm³/mol. The molecule has 1 aromatic heterocycles. The highest BCUT2D eigenvalue weighted by Gasteiger charge is 2.23. The smallest absolute Gasteiger partial charge is 0.374 e. The lowest BCUT2D eigenvalue weighted by atomic mass is 10.4. The minimum atomic E-state index is -0.650. The Morgan fingerprint density at radius 3 is 2.84 bits per heavy atom. The average molecular weight is 271 g/mol. The third kappa shape index (κ3) is 4.64. The van der Waals surface area contributed by atoms with Crippen molar-refractivity contribution in [3.63, 3.8) is 0 Å². The molecule has 19 heavy (non-hydrogen) atoms. The molecule has 1 rings (SSSR count). The topological polar surface area (TPSA) is 125 Å². The molecule has 0 fully saturated rings. The van der Waals surface area contributed by atoms with Gasteiger partial charge in [0.1, 0.15) is 12.9 Å². The second-order valence-electron chi connectivity index (χ2n) is 3.59. The Hall–Kier alpha value is -2.00. The van der Waals surface area contributed by atoms with E-state index >= 15 is 0 Å². The molecule has 0 radical (unpaired) electrons. The summed E-state index contributed by atoms with van der Waals surface area (Å²) in [5, 5.41) is 10.9. The third-order valence-corrected chi connectivity index (χ3v) is 2.22. The summed E-state index contributed by atoms with van der Waals surface area (Å²) < 4.78 is 10.5. The van der Waals surface area contributed by atoms with Gasteiger partial charge in [0.15, 0.2) is 0 Å². The van der Waals surface area contributed by atoms with Crippen molar-refractivity contribution < 1.29 is 14.4 Å². The first-order valence-corrected chi connectivity index (χ1v) is 5.87. The Balaban J connectivity index is 2.55. The Morgan fingerprint density at radius 1 is 1.42 bits per heavy atom. The number of hydrogen-bond donors (Lipinski definition) is 2. The maximum Gasteiger partial charge on any atom is 0.374 e. The van der Waals surface area contributed by atoms with Crippen LogP contribution in [0.5, 0.6) is 5.88 Å². The Kier molecular flexibility index (Phi) is 6.47. The highest BCUT2D eigenvalue weighted by atomic mass is 16.6. The van der Waals surface area contributed by atoms with Gasteiger partial charge in [-0.05, 0) is 6.42 Å². The highest BCUT2D eigenvalue weighted by molar-refractivity contribution is 5.60. The summed E-state index contributed by atoms with van der Waals surface area (Å²) in [4.78, 5) is 17.6. The van der Waals surface area contributed by atoms with E-state index in [1.165, 1.54) is 0 Å². The van der Waals surface area contributed by atoms with Gasteiger partial charge in [-0.25, -0.2) is 10.8 Å². The van der Waals surface area contributed by atoms with Crippen LogP contribution in [0.3, 0.4) is 0 Å². The van der Waals surface area contributed by atoms with Gasteiger partial charge in [0.2, 0.25) is 5.82 Å². The van der Waals surface area contributed by atoms with E-state index in [4.69, 9.17) is 15.3 Å². The summed E-state index contributed by atoms with van der Waals surface area (Å²) in [6.07, 6.45) is 3.15. The molecule has 0 aliphatic carbocycles. The minimum Gasteiger partial charge on any atom is -0.470 e. The molecule has 0 saturated carbocycles. The molecule has 9 nitrogen and oxygen atoms in total. The summed E-state index contributed by atoms with van der Waals surface area (Å²) >= 11 is 0. The number of nitrogens with zero attached hydrogens (tertiary/aromatic N) is 3. The van der Waals surface area contributed by atoms with Gasteiger partial charge in [-0.15, -0.1) is 0 Å². The molecule has 0 aromatic carbocycles. The van der Waals surface area contributed by atoms with Gasteiger partial charge < -0.3 is 14.9 Å². The monoisotopic (exact) mass is 271 g/mol. The third-order valence-electron chi connectivity index (χ3n) is 2.22. The lowest BCUT2D eigenvalue weighted by Gasteiger charge is -2.07. The number of nitrogens with two attached hydrogens (primary N) is 1. The first-order chi connectivity index (χ1) is 9.20. The van der Waals surface area contributed by atoms with Crippen molar-refractivity contribution in [2.75, 3.05) is 25.2 Å². The molecule has 0 aliphatic heterocycles. The fourth-order valence-electron chi connectivity index (χ4n) is 1.28. The summed E-state index contributed by atoms with van der Waals surface area (Å²) in [6.45, 7) is 3.21. The zero-order valence-electron chi connectivity index (χ0n) is 10.7. The van der Waals surface area contributed by atoms with Gasteiger partial charge in [0.05, 0.1) is 11.5 Å². The van der Waals surface area contributed by atoms with Gasteiger partial charge >= 0.3 is 5.69 Å². The Bertz CT molecular complexity index is 415. The van der Waals surface area contributed by atoms with Crippen LogP contribution in [0, 0.1) is 10.1 Å². The van der Waals surface area contributed by atoms with Crippen LogP contribution in [0.1, 0.15) is 19.8 Å². The van der Waals surface area contributed by atoms with Crippen LogP contribution in [0.2, 0.25) is 0 Å². The molecule has 9 heteroatoms. The zero-order valence-corrected chi connectivity index (χ0v) is 10.7.